The molecule has 0 heterocycles. The molecule has 0 aliphatic heterocycles. The molecule has 0 unspecified atom stereocenters. The monoisotopic (exact) mass is 504 g/mol. The van der Waals surface area contributed by atoms with Crippen LogP contribution in [0.2, 0.25) is 0 Å². The summed E-state index contributed by atoms with van der Waals surface area (Å²) in [6.45, 7) is 4.33. The third kappa shape index (κ3) is 7.71. The summed E-state index contributed by atoms with van der Waals surface area (Å²) in [6, 6.07) is 20.9. The maximum Gasteiger partial charge on any atom is 0.268 e. The number of hydroxylamine groups is 1. The number of rotatable bonds is 10. The van der Waals surface area contributed by atoms with Crippen LogP contribution in [0.15, 0.2) is 72.8 Å². The summed E-state index contributed by atoms with van der Waals surface area (Å²) in [5.74, 6) is -1.58. The molecule has 9 heteroatoms. The van der Waals surface area contributed by atoms with Gasteiger partial charge >= 0.3 is 0 Å². The van der Waals surface area contributed by atoms with Crippen LogP contribution in [0.5, 0.6) is 0 Å². The number of carbonyl (C=O) groups is 3. The van der Waals surface area contributed by atoms with Gasteiger partial charge in [-0.05, 0) is 67.4 Å². The predicted octanol–water partition coefficient (Wildman–Crippen LogP) is 2.72. The number of nitrogens with zero attached hydrogens (tertiary/aromatic N) is 1. The summed E-state index contributed by atoms with van der Waals surface area (Å²) in [4.78, 5) is 38.5. The SMILES string of the molecule is Cc1ccccc1CN(C)CC(=O)Nc1ccc(-c2ccc(C(=O)N[C@H](C(=O)NO)[C@@H](C)O)cc2)cc1. The highest BCUT2D eigenvalue weighted by Gasteiger charge is 2.25. The zero-order valence-electron chi connectivity index (χ0n) is 21.1. The second-order valence-electron chi connectivity index (χ2n) is 8.97. The number of hydrogen-bond acceptors (Lipinski definition) is 6. The van der Waals surface area contributed by atoms with Gasteiger partial charge in [-0.3, -0.25) is 24.5 Å². The van der Waals surface area contributed by atoms with Gasteiger partial charge in [0.2, 0.25) is 5.91 Å². The van der Waals surface area contributed by atoms with Gasteiger partial charge < -0.3 is 15.7 Å². The molecule has 0 fully saturated rings. The number of nitrogens with one attached hydrogen (secondary N) is 3. The molecule has 0 aliphatic rings. The lowest BCUT2D eigenvalue weighted by Gasteiger charge is -2.19. The average molecular weight is 505 g/mol. The minimum absolute atomic E-state index is 0.107. The van der Waals surface area contributed by atoms with E-state index in [0.29, 0.717) is 17.8 Å². The average Bonchev–Trinajstić information content (AvgIpc) is 2.88. The smallest absolute Gasteiger partial charge is 0.268 e. The summed E-state index contributed by atoms with van der Waals surface area (Å²) in [7, 11) is 1.91. The van der Waals surface area contributed by atoms with Crippen LogP contribution < -0.4 is 16.1 Å². The Labute approximate surface area is 216 Å². The van der Waals surface area contributed by atoms with Gasteiger partial charge in [0, 0.05) is 17.8 Å². The van der Waals surface area contributed by atoms with Gasteiger partial charge in [-0.1, -0.05) is 48.5 Å². The first-order valence-corrected chi connectivity index (χ1v) is 11.8. The Kier molecular flexibility index (Phi) is 9.51. The molecule has 37 heavy (non-hydrogen) atoms. The molecule has 0 aliphatic carbocycles. The van der Waals surface area contributed by atoms with Crippen LogP contribution >= 0.6 is 0 Å². The van der Waals surface area contributed by atoms with E-state index in [1.54, 1.807) is 24.3 Å². The summed E-state index contributed by atoms with van der Waals surface area (Å²) in [6.07, 6.45) is -1.19. The molecule has 0 bridgehead atoms. The number of benzene rings is 3. The van der Waals surface area contributed by atoms with Crippen LogP contribution in [0, 0.1) is 6.92 Å². The third-order valence-corrected chi connectivity index (χ3v) is 5.93. The predicted molar refractivity (Wildman–Crippen MR) is 141 cm³/mol. The summed E-state index contributed by atoms with van der Waals surface area (Å²) in [5, 5.41) is 23.8. The van der Waals surface area contributed by atoms with E-state index >= 15 is 0 Å². The van der Waals surface area contributed by atoms with E-state index < -0.39 is 24.0 Å². The van der Waals surface area contributed by atoms with E-state index in [4.69, 9.17) is 5.21 Å². The van der Waals surface area contributed by atoms with Crippen LogP contribution in [-0.2, 0) is 16.1 Å². The standard InChI is InChI=1S/C28H32N4O5/c1-18-6-4-5-7-23(18)16-32(3)17-25(34)29-24-14-12-21(13-15-24)20-8-10-22(11-9-20)27(35)30-26(19(2)33)28(36)31-37/h4-15,19,26,33,37H,16-17H2,1-3H3,(H,29,34)(H,30,35)(H,31,36)/t19-,26+/m1/s1. The second-order valence-corrected chi connectivity index (χ2v) is 8.97. The van der Waals surface area contributed by atoms with Crippen molar-refractivity contribution in [1.29, 1.82) is 0 Å². The highest BCUT2D eigenvalue weighted by molar-refractivity contribution is 5.98. The summed E-state index contributed by atoms with van der Waals surface area (Å²) < 4.78 is 0. The molecule has 3 aromatic carbocycles. The summed E-state index contributed by atoms with van der Waals surface area (Å²) in [5.41, 5.74) is 6.52. The minimum atomic E-state index is -1.29. The molecule has 0 spiro atoms. The first-order valence-electron chi connectivity index (χ1n) is 11.8. The Morgan fingerprint density at radius 2 is 1.51 bits per heavy atom. The van der Waals surface area contributed by atoms with E-state index in [0.717, 1.165) is 11.1 Å². The number of likely N-dealkylation sites (N-methyl/N-ethyl adjacent to an activating group) is 1. The van der Waals surface area contributed by atoms with Crippen molar-refractivity contribution in [3.63, 3.8) is 0 Å². The maximum atomic E-state index is 12.5. The third-order valence-electron chi connectivity index (χ3n) is 5.93. The molecular formula is C28H32N4O5. The number of carbonyl (C=O) groups excluding carboxylic acids is 3. The molecule has 0 radical (unpaired) electrons. The van der Waals surface area contributed by atoms with Crippen LogP contribution in [0.4, 0.5) is 5.69 Å². The number of amides is 3. The summed E-state index contributed by atoms with van der Waals surface area (Å²) >= 11 is 0. The van der Waals surface area contributed by atoms with Crippen molar-refractivity contribution in [3.8, 4) is 11.1 Å². The van der Waals surface area contributed by atoms with Crippen molar-refractivity contribution in [3.05, 3.63) is 89.5 Å². The molecule has 0 saturated heterocycles. The first-order chi connectivity index (χ1) is 17.7. The largest absolute Gasteiger partial charge is 0.391 e. The number of aryl methyl sites for hydroxylation is 1. The van der Waals surface area contributed by atoms with E-state index in [2.05, 4.69) is 29.7 Å². The minimum Gasteiger partial charge on any atom is -0.391 e. The second kappa shape index (κ2) is 12.8. The molecule has 5 N–H and O–H groups in total. The quantitative estimate of drug-likeness (QED) is 0.213. The Hall–Kier alpha value is -4.05. The van der Waals surface area contributed by atoms with Gasteiger partial charge in [-0.15, -0.1) is 0 Å². The van der Waals surface area contributed by atoms with Gasteiger partial charge in [-0.25, -0.2) is 5.48 Å². The van der Waals surface area contributed by atoms with Gasteiger partial charge in [0.1, 0.15) is 6.04 Å². The molecule has 194 valence electrons. The van der Waals surface area contributed by atoms with Gasteiger partial charge in [0.15, 0.2) is 0 Å². The van der Waals surface area contributed by atoms with Gasteiger partial charge in [-0.2, -0.15) is 0 Å². The Morgan fingerprint density at radius 3 is 2.08 bits per heavy atom. The van der Waals surface area contributed by atoms with Crippen LogP contribution in [0.1, 0.15) is 28.4 Å². The van der Waals surface area contributed by atoms with Crippen molar-refractivity contribution in [2.75, 3.05) is 18.9 Å². The lowest BCUT2D eigenvalue weighted by atomic mass is 10.0. The van der Waals surface area contributed by atoms with E-state index in [-0.39, 0.29) is 12.5 Å². The fraction of sp³-hybridized carbons (Fsp3) is 0.250. The molecule has 0 saturated carbocycles. The number of anilines is 1. The van der Waals surface area contributed by atoms with Crippen molar-refractivity contribution in [2.45, 2.75) is 32.5 Å². The van der Waals surface area contributed by atoms with E-state index in [1.165, 1.54) is 23.5 Å². The molecule has 9 nitrogen and oxygen atoms in total. The van der Waals surface area contributed by atoms with Crippen LogP contribution in [0.25, 0.3) is 11.1 Å². The van der Waals surface area contributed by atoms with Crippen LogP contribution in [0.3, 0.4) is 0 Å². The molecule has 3 amide bonds. The van der Waals surface area contributed by atoms with Crippen molar-refractivity contribution < 1.29 is 24.7 Å². The molecule has 3 rings (SSSR count). The van der Waals surface area contributed by atoms with E-state index in [1.807, 2.05) is 48.3 Å². The molecule has 0 aromatic heterocycles. The number of aliphatic hydroxyl groups is 1. The van der Waals surface area contributed by atoms with Crippen molar-refractivity contribution in [2.24, 2.45) is 0 Å². The fourth-order valence-corrected chi connectivity index (χ4v) is 3.84. The van der Waals surface area contributed by atoms with Crippen molar-refractivity contribution >= 4 is 23.4 Å². The zero-order valence-corrected chi connectivity index (χ0v) is 21.1. The lowest BCUT2D eigenvalue weighted by Crippen LogP contribution is -2.51. The lowest BCUT2D eigenvalue weighted by molar-refractivity contribution is -0.133. The maximum absolute atomic E-state index is 12.5. The first kappa shape index (κ1) is 27.5. The number of aliphatic hydroxyl groups excluding tert-OH is 1. The number of hydrogen-bond donors (Lipinski definition) is 5. The van der Waals surface area contributed by atoms with E-state index in [9.17, 15) is 19.5 Å². The Balaban J connectivity index is 1.56. The Morgan fingerprint density at radius 1 is 0.919 bits per heavy atom. The van der Waals surface area contributed by atoms with Gasteiger partial charge in [0.05, 0.1) is 12.6 Å². The zero-order chi connectivity index (χ0) is 26.9. The van der Waals surface area contributed by atoms with Crippen molar-refractivity contribution in [1.82, 2.24) is 15.7 Å². The molecule has 2 atom stereocenters. The van der Waals surface area contributed by atoms with Gasteiger partial charge in [0.25, 0.3) is 11.8 Å². The Bertz CT molecular complexity index is 1230. The normalized spacial score (nSPS) is 12.5. The topological polar surface area (TPSA) is 131 Å². The molecule has 3 aromatic rings. The highest BCUT2D eigenvalue weighted by Crippen LogP contribution is 2.22. The fourth-order valence-electron chi connectivity index (χ4n) is 3.84. The highest BCUT2D eigenvalue weighted by atomic mass is 16.5. The molecular weight excluding hydrogens is 472 g/mol. The van der Waals surface area contributed by atoms with Crippen LogP contribution in [-0.4, -0.2) is 58.7 Å².